The Morgan fingerprint density at radius 1 is 0.571 bits per heavy atom. The lowest BCUT2D eigenvalue weighted by atomic mass is 9.73. The number of hydrogen-bond donors (Lipinski definition) is 1. The van der Waals surface area contributed by atoms with Gasteiger partial charge in [-0.1, -0.05) is 116 Å². The van der Waals surface area contributed by atoms with Gasteiger partial charge in [0.15, 0.2) is 0 Å². The molecule has 0 atom stereocenters. The van der Waals surface area contributed by atoms with Gasteiger partial charge in [-0.05, 0) is 86.2 Å². The van der Waals surface area contributed by atoms with Crippen molar-refractivity contribution in [1.29, 1.82) is 0 Å². The minimum atomic E-state index is -0.101. The summed E-state index contributed by atoms with van der Waals surface area (Å²) >= 11 is 0. The second kappa shape index (κ2) is 9.98. The summed E-state index contributed by atoms with van der Waals surface area (Å²) in [7, 11) is 0. The van der Waals surface area contributed by atoms with Gasteiger partial charge in [-0.3, -0.25) is 4.98 Å². The van der Waals surface area contributed by atoms with E-state index < -0.39 is 0 Å². The third-order valence-corrected chi connectivity index (χ3v) is 8.80. The van der Waals surface area contributed by atoms with Crippen molar-refractivity contribution in [2.45, 2.75) is 71.6 Å². The van der Waals surface area contributed by atoms with Gasteiger partial charge < -0.3 is 5.32 Å². The minimum Gasteiger partial charge on any atom is -0.355 e. The van der Waals surface area contributed by atoms with Crippen molar-refractivity contribution in [2.75, 3.05) is 5.32 Å². The predicted molar refractivity (Wildman–Crippen MR) is 180 cm³/mol. The van der Waals surface area contributed by atoms with Gasteiger partial charge in [0.2, 0.25) is 0 Å². The monoisotopic (exact) mass is 550 g/mol. The molecule has 42 heavy (non-hydrogen) atoms. The molecule has 0 radical (unpaired) electrons. The van der Waals surface area contributed by atoms with Crippen LogP contribution in [0.5, 0.6) is 0 Å². The fourth-order valence-electron chi connectivity index (χ4n) is 6.16. The molecule has 2 heterocycles. The number of rotatable bonds is 3. The number of anilines is 2. The van der Waals surface area contributed by atoms with Crippen molar-refractivity contribution >= 4 is 11.4 Å². The zero-order chi connectivity index (χ0) is 29.9. The zero-order valence-corrected chi connectivity index (χ0v) is 26.3. The fourth-order valence-corrected chi connectivity index (χ4v) is 6.16. The topological polar surface area (TPSA) is 24.9 Å². The highest BCUT2D eigenvalue weighted by atomic mass is 14.9. The summed E-state index contributed by atoms with van der Waals surface area (Å²) < 4.78 is 0. The van der Waals surface area contributed by atoms with Crippen molar-refractivity contribution in [1.82, 2.24) is 4.98 Å². The lowest BCUT2D eigenvalue weighted by Crippen LogP contribution is -2.26. The molecule has 0 spiro atoms. The number of para-hydroxylation sites is 2. The molecule has 0 saturated heterocycles. The summed E-state index contributed by atoms with van der Waals surface area (Å²) in [5.74, 6) is 0. The first-order valence-electron chi connectivity index (χ1n) is 15.1. The number of hydrogen-bond acceptors (Lipinski definition) is 2. The number of pyridine rings is 1. The van der Waals surface area contributed by atoms with Crippen molar-refractivity contribution in [2.24, 2.45) is 0 Å². The minimum absolute atomic E-state index is 0.00536. The van der Waals surface area contributed by atoms with Gasteiger partial charge in [-0.2, -0.15) is 0 Å². The van der Waals surface area contributed by atoms with E-state index in [9.17, 15) is 0 Å². The van der Waals surface area contributed by atoms with Crippen LogP contribution in [0.1, 0.15) is 77.6 Å². The molecular weight excluding hydrogens is 508 g/mol. The van der Waals surface area contributed by atoms with E-state index in [2.05, 4.69) is 152 Å². The summed E-state index contributed by atoms with van der Waals surface area (Å²) in [4.78, 5) is 4.70. The fraction of sp³-hybridized carbons (Fsp3) is 0.275. The van der Waals surface area contributed by atoms with Crippen LogP contribution >= 0.6 is 0 Å². The summed E-state index contributed by atoms with van der Waals surface area (Å²) in [6.07, 6.45) is 1.88. The predicted octanol–water partition coefficient (Wildman–Crippen LogP) is 11.1. The average molecular weight is 551 g/mol. The molecule has 1 N–H and O–H groups in total. The second-order valence-corrected chi connectivity index (χ2v) is 14.3. The second-order valence-electron chi connectivity index (χ2n) is 14.3. The highest BCUT2D eigenvalue weighted by Crippen LogP contribution is 2.49. The molecule has 6 rings (SSSR count). The first kappa shape index (κ1) is 28.0. The Morgan fingerprint density at radius 2 is 1.14 bits per heavy atom. The maximum absolute atomic E-state index is 4.70. The van der Waals surface area contributed by atoms with Gasteiger partial charge in [0.1, 0.15) is 0 Å². The van der Waals surface area contributed by atoms with Gasteiger partial charge >= 0.3 is 0 Å². The van der Waals surface area contributed by atoms with Gasteiger partial charge in [-0.25, -0.2) is 0 Å². The largest absolute Gasteiger partial charge is 0.355 e. The third-order valence-electron chi connectivity index (χ3n) is 8.80. The van der Waals surface area contributed by atoms with E-state index in [0.29, 0.717) is 0 Å². The number of fused-ring (bicyclic) bond motifs is 2. The standard InChI is InChI=1S/C40H42N2/c1-38(2,3)30-22-26(27-21-29(35-17-11-12-19-41-35)25-31(23-27)39(4,5)6)20-28(24-30)32-14-13-16-34-37(32)42-36-18-10-9-15-33(36)40(34,7)8/h9-25,42H,1-8H3. The number of aromatic nitrogens is 1. The molecular formula is C40H42N2. The van der Waals surface area contributed by atoms with Crippen molar-refractivity contribution in [3.63, 3.8) is 0 Å². The number of nitrogens with one attached hydrogen (secondary N) is 1. The molecule has 1 aliphatic rings. The Hall–Kier alpha value is -4.17. The molecule has 0 bridgehead atoms. The van der Waals surface area contributed by atoms with Crippen LogP contribution in [0.3, 0.4) is 0 Å². The summed E-state index contributed by atoms with van der Waals surface area (Å²) in [6.45, 7) is 18.4. The van der Waals surface area contributed by atoms with Crippen LogP contribution in [0, 0.1) is 0 Å². The van der Waals surface area contributed by atoms with Crippen molar-refractivity contribution < 1.29 is 0 Å². The molecule has 4 aromatic carbocycles. The Morgan fingerprint density at radius 3 is 1.79 bits per heavy atom. The van der Waals surface area contributed by atoms with E-state index in [1.165, 1.54) is 55.9 Å². The Labute approximate surface area is 251 Å². The van der Waals surface area contributed by atoms with Gasteiger partial charge in [-0.15, -0.1) is 0 Å². The van der Waals surface area contributed by atoms with Crippen LogP contribution in [0.2, 0.25) is 0 Å². The molecule has 0 amide bonds. The molecule has 1 aliphatic heterocycles. The molecule has 2 nitrogen and oxygen atoms in total. The summed E-state index contributed by atoms with van der Waals surface area (Å²) in [5.41, 5.74) is 14.6. The van der Waals surface area contributed by atoms with E-state index in [4.69, 9.17) is 4.98 Å². The third kappa shape index (κ3) is 5.04. The average Bonchev–Trinajstić information content (AvgIpc) is 2.96. The van der Waals surface area contributed by atoms with Crippen molar-refractivity contribution in [3.8, 4) is 33.5 Å². The molecule has 2 heteroatoms. The highest BCUT2D eigenvalue weighted by Gasteiger charge is 2.33. The van der Waals surface area contributed by atoms with E-state index in [1.54, 1.807) is 0 Å². The molecule has 5 aromatic rings. The summed E-state index contributed by atoms with van der Waals surface area (Å²) in [5, 5.41) is 3.83. The first-order chi connectivity index (χ1) is 19.8. The quantitative estimate of drug-likeness (QED) is 0.242. The number of benzene rings is 4. The molecule has 0 aliphatic carbocycles. The molecule has 0 saturated carbocycles. The van der Waals surface area contributed by atoms with Gasteiger partial charge in [0.05, 0.1) is 11.4 Å². The number of nitrogens with zero attached hydrogens (tertiary/aromatic N) is 1. The summed E-state index contributed by atoms with van der Waals surface area (Å²) in [6, 6.07) is 35.8. The maximum atomic E-state index is 4.70. The van der Waals surface area contributed by atoms with E-state index >= 15 is 0 Å². The molecule has 0 fully saturated rings. The Kier molecular flexibility index (Phi) is 6.65. The zero-order valence-electron chi connectivity index (χ0n) is 26.3. The van der Waals surface area contributed by atoms with Crippen LogP contribution in [-0.2, 0) is 16.2 Å². The van der Waals surface area contributed by atoms with Crippen LogP contribution < -0.4 is 5.32 Å². The van der Waals surface area contributed by atoms with Gasteiger partial charge in [0, 0.05) is 28.4 Å². The van der Waals surface area contributed by atoms with Crippen LogP contribution in [0.4, 0.5) is 11.4 Å². The van der Waals surface area contributed by atoms with E-state index in [0.717, 1.165) is 11.3 Å². The van der Waals surface area contributed by atoms with Gasteiger partial charge in [0.25, 0.3) is 0 Å². The van der Waals surface area contributed by atoms with E-state index in [1.807, 2.05) is 12.3 Å². The lowest BCUT2D eigenvalue weighted by Gasteiger charge is -2.37. The maximum Gasteiger partial charge on any atom is 0.0702 e. The van der Waals surface area contributed by atoms with Crippen LogP contribution in [0.15, 0.2) is 103 Å². The highest BCUT2D eigenvalue weighted by molar-refractivity contribution is 5.90. The Balaban J connectivity index is 1.58. The Bertz CT molecular complexity index is 1780. The first-order valence-corrected chi connectivity index (χ1v) is 15.1. The van der Waals surface area contributed by atoms with Crippen LogP contribution in [-0.4, -0.2) is 4.98 Å². The molecule has 212 valence electrons. The lowest BCUT2D eigenvalue weighted by molar-refractivity contribution is 0.589. The van der Waals surface area contributed by atoms with Crippen molar-refractivity contribution in [3.05, 3.63) is 126 Å². The molecule has 1 aromatic heterocycles. The smallest absolute Gasteiger partial charge is 0.0702 e. The molecule has 0 unspecified atom stereocenters. The SMILES string of the molecule is CC(C)(C)c1cc(-c2cc(-c3cccc4c3Nc3ccccc3C4(C)C)cc(C(C)(C)C)c2)cc(-c2ccccn2)c1. The van der Waals surface area contributed by atoms with Crippen LogP contribution in [0.25, 0.3) is 33.5 Å². The van der Waals surface area contributed by atoms with E-state index in [-0.39, 0.29) is 16.2 Å². The normalized spacial score (nSPS) is 14.1.